The molecule has 0 saturated heterocycles. The maximum absolute atomic E-state index is 11.7. The van der Waals surface area contributed by atoms with Gasteiger partial charge in [0.25, 0.3) is 0 Å². The molecule has 0 aliphatic heterocycles. The van der Waals surface area contributed by atoms with Gasteiger partial charge >= 0.3 is 12.0 Å². The highest BCUT2D eigenvalue weighted by molar-refractivity contribution is 6.31. The summed E-state index contributed by atoms with van der Waals surface area (Å²) in [7, 11) is 3.09. The van der Waals surface area contributed by atoms with Crippen LogP contribution in [0.15, 0.2) is 24.3 Å². The van der Waals surface area contributed by atoms with Gasteiger partial charge in [0.05, 0.1) is 6.54 Å². The molecule has 114 valence electrons. The quantitative estimate of drug-likeness (QED) is 0.750. The predicted molar refractivity (Wildman–Crippen MR) is 77.1 cm³/mol. The van der Waals surface area contributed by atoms with Crippen molar-refractivity contribution in [2.24, 2.45) is 0 Å². The van der Waals surface area contributed by atoms with Crippen molar-refractivity contribution in [3.8, 4) is 0 Å². The first kappa shape index (κ1) is 16.8. The topological polar surface area (TPSA) is 98.7 Å². The van der Waals surface area contributed by atoms with Gasteiger partial charge in [-0.05, 0) is 6.07 Å². The minimum atomic E-state index is -1.30. The number of nitrogens with zero attached hydrogens (tertiary/aromatic N) is 1. The van der Waals surface area contributed by atoms with Crippen LogP contribution in [0, 0.1) is 0 Å². The molecule has 0 radical (unpaired) electrons. The maximum Gasteiger partial charge on any atom is 0.331 e. The van der Waals surface area contributed by atoms with E-state index in [1.54, 1.807) is 26.2 Å². The van der Waals surface area contributed by atoms with Crippen molar-refractivity contribution in [1.82, 2.24) is 15.5 Å². The third kappa shape index (κ3) is 4.96. The SMILES string of the molecule is CN(C)C(=O)CNC(=O)N[C@@H](C(=O)O)c1ccccc1Cl. The lowest BCUT2D eigenvalue weighted by Gasteiger charge is -2.17. The zero-order valence-electron chi connectivity index (χ0n) is 11.6. The molecule has 8 heteroatoms. The molecule has 1 aromatic rings. The molecular formula is C13H16ClN3O4. The number of rotatable bonds is 5. The van der Waals surface area contributed by atoms with Crippen LogP contribution in [0.5, 0.6) is 0 Å². The molecule has 0 aliphatic carbocycles. The van der Waals surface area contributed by atoms with E-state index in [1.807, 2.05) is 0 Å². The summed E-state index contributed by atoms with van der Waals surface area (Å²) in [4.78, 5) is 35.6. The molecule has 0 saturated carbocycles. The van der Waals surface area contributed by atoms with Crippen molar-refractivity contribution in [3.63, 3.8) is 0 Å². The Morgan fingerprint density at radius 1 is 1.29 bits per heavy atom. The van der Waals surface area contributed by atoms with Crippen molar-refractivity contribution in [2.75, 3.05) is 20.6 Å². The second kappa shape index (κ2) is 7.49. The van der Waals surface area contributed by atoms with E-state index in [1.165, 1.54) is 17.0 Å². The van der Waals surface area contributed by atoms with E-state index < -0.39 is 18.0 Å². The number of amides is 3. The van der Waals surface area contributed by atoms with Crippen LogP contribution >= 0.6 is 11.6 Å². The summed E-state index contributed by atoms with van der Waals surface area (Å²) in [6, 6.07) is 4.24. The summed E-state index contributed by atoms with van der Waals surface area (Å²) in [5, 5.41) is 14.0. The summed E-state index contributed by atoms with van der Waals surface area (Å²) in [6.07, 6.45) is 0. The molecule has 0 spiro atoms. The zero-order chi connectivity index (χ0) is 16.0. The van der Waals surface area contributed by atoms with Gasteiger partial charge in [-0.2, -0.15) is 0 Å². The lowest BCUT2D eigenvalue weighted by Crippen LogP contribution is -2.44. The second-order valence-electron chi connectivity index (χ2n) is 4.41. The van der Waals surface area contributed by atoms with Crippen molar-refractivity contribution in [2.45, 2.75) is 6.04 Å². The number of likely N-dealkylation sites (N-methyl/N-ethyl adjacent to an activating group) is 1. The molecule has 7 nitrogen and oxygen atoms in total. The average Bonchev–Trinajstić information content (AvgIpc) is 2.42. The largest absolute Gasteiger partial charge is 0.479 e. The van der Waals surface area contributed by atoms with Gasteiger partial charge in [-0.15, -0.1) is 0 Å². The summed E-state index contributed by atoms with van der Waals surface area (Å²) >= 11 is 5.92. The van der Waals surface area contributed by atoms with Crippen molar-refractivity contribution >= 4 is 29.5 Å². The van der Waals surface area contributed by atoms with Gasteiger partial charge in [0.15, 0.2) is 6.04 Å². The molecule has 0 bridgehead atoms. The predicted octanol–water partition coefficient (Wildman–Crippen LogP) is 0.853. The van der Waals surface area contributed by atoms with Crippen LogP contribution in [0.25, 0.3) is 0 Å². The molecule has 0 aliphatic rings. The minimum Gasteiger partial charge on any atom is -0.479 e. The number of urea groups is 1. The molecule has 1 aromatic carbocycles. The Morgan fingerprint density at radius 3 is 2.43 bits per heavy atom. The lowest BCUT2D eigenvalue weighted by atomic mass is 10.1. The Bertz CT molecular complexity index is 548. The summed E-state index contributed by atoms with van der Waals surface area (Å²) < 4.78 is 0. The third-order valence-corrected chi connectivity index (χ3v) is 2.98. The average molecular weight is 314 g/mol. The Hall–Kier alpha value is -2.28. The highest BCUT2D eigenvalue weighted by Crippen LogP contribution is 2.22. The molecule has 0 heterocycles. The number of hydrogen-bond acceptors (Lipinski definition) is 3. The first-order valence-corrected chi connectivity index (χ1v) is 6.42. The summed E-state index contributed by atoms with van der Waals surface area (Å²) in [6.45, 7) is -0.228. The summed E-state index contributed by atoms with van der Waals surface area (Å²) in [5.74, 6) is -1.56. The van der Waals surface area contributed by atoms with E-state index >= 15 is 0 Å². The van der Waals surface area contributed by atoms with Gasteiger partial charge in [-0.3, -0.25) is 4.79 Å². The van der Waals surface area contributed by atoms with Crippen LogP contribution in [0.1, 0.15) is 11.6 Å². The lowest BCUT2D eigenvalue weighted by molar-refractivity contribution is -0.139. The number of carbonyl (C=O) groups excluding carboxylic acids is 2. The highest BCUT2D eigenvalue weighted by atomic mass is 35.5. The van der Waals surface area contributed by atoms with Crippen LogP contribution in [-0.4, -0.2) is 48.6 Å². The molecule has 3 amide bonds. The van der Waals surface area contributed by atoms with E-state index in [-0.39, 0.29) is 23.0 Å². The minimum absolute atomic E-state index is 0.228. The number of carboxylic acid groups (broad SMARTS) is 1. The van der Waals surface area contributed by atoms with Gasteiger partial charge in [0, 0.05) is 24.7 Å². The first-order valence-electron chi connectivity index (χ1n) is 6.04. The molecular weight excluding hydrogens is 298 g/mol. The van der Waals surface area contributed by atoms with Gasteiger partial charge < -0.3 is 20.6 Å². The third-order valence-electron chi connectivity index (χ3n) is 2.64. The summed E-state index contributed by atoms with van der Waals surface area (Å²) in [5.41, 5.74) is 0.265. The Kier molecular flexibility index (Phi) is 5.98. The van der Waals surface area contributed by atoms with E-state index in [0.29, 0.717) is 0 Å². The van der Waals surface area contributed by atoms with Gasteiger partial charge in [0.1, 0.15) is 0 Å². The number of benzene rings is 1. The van der Waals surface area contributed by atoms with Gasteiger partial charge in [-0.1, -0.05) is 29.8 Å². The molecule has 0 aromatic heterocycles. The van der Waals surface area contributed by atoms with E-state index in [0.717, 1.165) is 0 Å². The van der Waals surface area contributed by atoms with Crippen LogP contribution in [-0.2, 0) is 9.59 Å². The monoisotopic (exact) mass is 313 g/mol. The maximum atomic E-state index is 11.7. The van der Waals surface area contributed by atoms with E-state index in [4.69, 9.17) is 11.6 Å². The number of carbonyl (C=O) groups is 3. The van der Waals surface area contributed by atoms with Crippen LogP contribution < -0.4 is 10.6 Å². The second-order valence-corrected chi connectivity index (χ2v) is 4.82. The van der Waals surface area contributed by atoms with E-state index in [9.17, 15) is 19.5 Å². The fourth-order valence-corrected chi connectivity index (χ4v) is 1.72. The molecule has 0 fully saturated rings. The van der Waals surface area contributed by atoms with Gasteiger partial charge in [-0.25, -0.2) is 9.59 Å². The number of hydrogen-bond donors (Lipinski definition) is 3. The Balaban J connectivity index is 2.72. The molecule has 3 N–H and O–H groups in total. The van der Waals surface area contributed by atoms with Crippen molar-refractivity contribution in [1.29, 1.82) is 0 Å². The van der Waals surface area contributed by atoms with Crippen molar-refractivity contribution < 1.29 is 19.5 Å². The fourth-order valence-electron chi connectivity index (χ4n) is 1.48. The Labute approximate surface area is 126 Å². The van der Waals surface area contributed by atoms with Crippen LogP contribution in [0.2, 0.25) is 5.02 Å². The molecule has 0 unspecified atom stereocenters. The normalized spacial score (nSPS) is 11.4. The number of aliphatic carboxylic acids is 1. The van der Waals surface area contributed by atoms with Crippen LogP contribution in [0.4, 0.5) is 4.79 Å². The molecule has 1 rings (SSSR count). The fraction of sp³-hybridized carbons (Fsp3) is 0.308. The smallest absolute Gasteiger partial charge is 0.331 e. The Morgan fingerprint density at radius 2 is 1.90 bits per heavy atom. The van der Waals surface area contributed by atoms with Crippen LogP contribution in [0.3, 0.4) is 0 Å². The standard InChI is InChI=1S/C13H16ClN3O4/c1-17(2)10(18)7-15-13(21)16-11(12(19)20)8-5-3-4-6-9(8)14/h3-6,11H,7H2,1-2H3,(H,19,20)(H2,15,16,21)/t11-/m1/s1. The van der Waals surface area contributed by atoms with Gasteiger partial charge in [0.2, 0.25) is 5.91 Å². The van der Waals surface area contributed by atoms with Crippen molar-refractivity contribution in [3.05, 3.63) is 34.9 Å². The number of nitrogens with one attached hydrogen (secondary N) is 2. The molecule has 1 atom stereocenters. The highest BCUT2D eigenvalue weighted by Gasteiger charge is 2.24. The molecule has 21 heavy (non-hydrogen) atoms. The number of carboxylic acids is 1. The first-order chi connectivity index (χ1) is 9.82. The van der Waals surface area contributed by atoms with E-state index in [2.05, 4.69) is 10.6 Å². The number of halogens is 1. The zero-order valence-corrected chi connectivity index (χ0v) is 12.3.